The minimum Gasteiger partial charge on any atom is -0.407 e. The summed E-state index contributed by atoms with van der Waals surface area (Å²) in [4.78, 5) is 34.5. The highest BCUT2D eigenvalue weighted by molar-refractivity contribution is 5.77. The number of non-ortho nitro benzene ring substituents is 1. The fourth-order valence-electron chi connectivity index (χ4n) is 3.53. The number of nitro groups is 1. The highest BCUT2D eigenvalue weighted by Crippen LogP contribution is 2.27. The van der Waals surface area contributed by atoms with Gasteiger partial charge in [0.1, 0.15) is 5.54 Å². The Morgan fingerprint density at radius 3 is 2.78 bits per heavy atom. The second-order valence-corrected chi connectivity index (χ2v) is 6.84. The number of amides is 1. The molecule has 1 aromatic carbocycles. The van der Waals surface area contributed by atoms with E-state index in [1.807, 2.05) is 0 Å². The molecule has 1 N–H and O–H groups in total. The molecule has 0 atom stereocenters. The Hall–Kier alpha value is -3.15. The van der Waals surface area contributed by atoms with Crippen molar-refractivity contribution in [3.63, 3.8) is 0 Å². The molecule has 0 saturated heterocycles. The number of nitrogens with one attached hydrogen (secondary N) is 1. The van der Waals surface area contributed by atoms with Gasteiger partial charge in [-0.1, -0.05) is 19.3 Å². The molecule has 1 fully saturated rings. The topological polar surface area (TPSA) is 131 Å². The molecule has 1 amide bonds. The number of benzene rings is 1. The van der Waals surface area contributed by atoms with Crippen molar-refractivity contribution < 1.29 is 14.1 Å². The summed E-state index contributed by atoms with van der Waals surface area (Å²) < 4.78 is 6.42. The number of aryl methyl sites for hydroxylation is 1. The maximum atomic E-state index is 12.2. The third kappa shape index (κ3) is 4.00. The summed E-state index contributed by atoms with van der Waals surface area (Å²) >= 11 is 0. The van der Waals surface area contributed by atoms with Crippen molar-refractivity contribution in [3.8, 4) is 6.07 Å². The van der Waals surface area contributed by atoms with Gasteiger partial charge in [-0.25, -0.2) is 4.79 Å². The van der Waals surface area contributed by atoms with Gasteiger partial charge in [0.05, 0.1) is 22.6 Å². The highest BCUT2D eigenvalue weighted by Gasteiger charge is 2.33. The Balaban J connectivity index is 1.63. The van der Waals surface area contributed by atoms with E-state index in [0.29, 0.717) is 24.8 Å². The van der Waals surface area contributed by atoms with Crippen molar-refractivity contribution in [3.05, 3.63) is 38.9 Å². The molecule has 1 aromatic heterocycles. The van der Waals surface area contributed by atoms with Gasteiger partial charge in [0, 0.05) is 19.0 Å². The molecule has 1 aliphatic carbocycles. The second kappa shape index (κ2) is 7.61. The number of carbonyl (C=O) groups is 1. The summed E-state index contributed by atoms with van der Waals surface area (Å²) in [5.74, 6) is -0.832. The average molecular weight is 372 g/mol. The number of nitrogens with zero attached hydrogens (tertiary/aromatic N) is 3. The molecule has 142 valence electrons. The lowest BCUT2D eigenvalue weighted by molar-refractivity contribution is -0.384. The van der Waals surface area contributed by atoms with Gasteiger partial charge in [0.2, 0.25) is 5.91 Å². The lowest BCUT2D eigenvalue weighted by atomic mass is 9.83. The normalized spacial score (nSPS) is 16.0. The zero-order valence-electron chi connectivity index (χ0n) is 14.8. The van der Waals surface area contributed by atoms with Gasteiger partial charge in [0.25, 0.3) is 5.69 Å². The third-order valence-corrected chi connectivity index (χ3v) is 4.95. The number of aromatic nitrogens is 1. The monoisotopic (exact) mass is 372 g/mol. The van der Waals surface area contributed by atoms with Crippen LogP contribution in [-0.2, 0) is 11.3 Å². The highest BCUT2D eigenvalue weighted by atomic mass is 16.6. The molecule has 9 heteroatoms. The summed E-state index contributed by atoms with van der Waals surface area (Å²) in [6.07, 6.45) is 4.83. The predicted octanol–water partition coefficient (Wildman–Crippen LogP) is 2.63. The van der Waals surface area contributed by atoms with Crippen LogP contribution in [0.1, 0.15) is 44.9 Å². The first-order chi connectivity index (χ1) is 12.9. The van der Waals surface area contributed by atoms with E-state index in [1.165, 1.54) is 22.8 Å². The number of fused-ring (bicyclic) bond motifs is 1. The number of hydrogen-bond acceptors (Lipinski definition) is 6. The van der Waals surface area contributed by atoms with Crippen molar-refractivity contribution in [1.29, 1.82) is 5.26 Å². The number of hydrogen-bond donors (Lipinski definition) is 1. The maximum absolute atomic E-state index is 12.2. The van der Waals surface area contributed by atoms with Gasteiger partial charge in [-0.15, -0.1) is 0 Å². The van der Waals surface area contributed by atoms with E-state index in [4.69, 9.17) is 4.42 Å². The van der Waals surface area contributed by atoms with E-state index in [0.717, 1.165) is 19.3 Å². The van der Waals surface area contributed by atoms with Gasteiger partial charge in [0.15, 0.2) is 5.58 Å². The first-order valence-electron chi connectivity index (χ1n) is 8.94. The lowest BCUT2D eigenvalue weighted by Gasteiger charge is -2.31. The molecular formula is C18H20N4O5. The molecular weight excluding hydrogens is 352 g/mol. The molecule has 0 aliphatic heterocycles. The minimum absolute atomic E-state index is 0.143. The van der Waals surface area contributed by atoms with Gasteiger partial charge in [-0.05, 0) is 25.3 Å². The molecule has 27 heavy (non-hydrogen) atoms. The van der Waals surface area contributed by atoms with Crippen molar-refractivity contribution >= 4 is 22.7 Å². The van der Waals surface area contributed by atoms with Crippen LogP contribution in [0.15, 0.2) is 27.4 Å². The largest absolute Gasteiger partial charge is 0.419 e. The van der Waals surface area contributed by atoms with Crippen LogP contribution >= 0.6 is 0 Å². The van der Waals surface area contributed by atoms with Gasteiger partial charge in [-0.2, -0.15) is 5.26 Å². The Morgan fingerprint density at radius 1 is 1.37 bits per heavy atom. The molecule has 3 rings (SSSR count). The van der Waals surface area contributed by atoms with Crippen LogP contribution in [0.4, 0.5) is 5.69 Å². The number of nitriles is 1. The Bertz CT molecular complexity index is 962. The van der Waals surface area contributed by atoms with Crippen LogP contribution < -0.4 is 11.1 Å². The summed E-state index contributed by atoms with van der Waals surface area (Å²) in [5.41, 5.74) is -0.332. The molecule has 0 radical (unpaired) electrons. The van der Waals surface area contributed by atoms with Crippen molar-refractivity contribution in [2.45, 2.75) is 57.0 Å². The molecule has 1 heterocycles. The Morgan fingerprint density at radius 2 is 2.11 bits per heavy atom. The Kier molecular flexibility index (Phi) is 5.26. The zero-order valence-corrected chi connectivity index (χ0v) is 14.8. The van der Waals surface area contributed by atoms with E-state index in [1.54, 1.807) is 0 Å². The van der Waals surface area contributed by atoms with Crippen LogP contribution in [0.3, 0.4) is 0 Å². The Labute approximate surface area is 154 Å². The summed E-state index contributed by atoms with van der Waals surface area (Å²) in [5, 5.41) is 23.1. The van der Waals surface area contributed by atoms with Crippen molar-refractivity contribution in [2.75, 3.05) is 0 Å². The van der Waals surface area contributed by atoms with E-state index < -0.39 is 16.2 Å². The van der Waals surface area contributed by atoms with Crippen molar-refractivity contribution in [2.24, 2.45) is 0 Å². The first-order valence-corrected chi connectivity index (χ1v) is 8.94. The first kappa shape index (κ1) is 18.6. The van der Waals surface area contributed by atoms with Gasteiger partial charge < -0.3 is 9.73 Å². The fourth-order valence-corrected chi connectivity index (χ4v) is 3.53. The van der Waals surface area contributed by atoms with Gasteiger partial charge in [-0.3, -0.25) is 19.5 Å². The van der Waals surface area contributed by atoms with E-state index in [9.17, 15) is 25.0 Å². The predicted molar refractivity (Wildman–Crippen MR) is 95.9 cm³/mol. The van der Waals surface area contributed by atoms with Crippen LogP contribution in [0.25, 0.3) is 11.1 Å². The molecule has 9 nitrogen and oxygen atoms in total. The van der Waals surface area contributed by atoms with E-state index in [2.05, 4.69) is 11.4 Å². The molecule has 0 bridgehead atoms. The average Bonchev–Trinajstić information content (AvgIpc) is 2.97. The standard InChI is InChI=1S/C18H20N4O5/c19-12-18(8-2-1-3-9-18)20-16(23)5-4-10-21-14-7-6-13(22(25)26)11-15(14)27-17(21)24/h6-7,11H,1-5,8-10H2,(H,20,23). The molecule has 1 aliphatic rings. The van der Waals surface area contributed by atoms with E-state index >= 15 is 0 Å². The molecule has 0 unspecified atom stereocenters. The van der Waals surface area contributed by atoms with Gasteiger partial charge >= 0.3 is 5.76 Å². The quantitative estimate of drug-likeness (QED) is 0.612. The zero-order chi connectivity index (χ0) is 19.4. The number of nitro benzene ring substituents is 1. The van der Waals surface area contributed by atoms with Crippen LogP contribution in [0, 0.1) is 21.4 Å². The molecule has 0 spiro atoms. The summed E-state index contributed by atoms with van der Waals surface area (Å²) in [6, 6.07) is 6.22. The summed E-state index contributed by atoms with van der Waals surface area (Å²) in [6.45, 7) is 0.247. The second-order valence-electron chi connectivity index (χ2n) is 6.84. The molecule has 1 saturated carbocycles. The van der Waals surface area contributed by atoms with Crippen LogP contribution in [-0.4, -0.2) is 20.9 Å². The third-order valence-electron chi connectivity index (χ3n) is 4.95. The summed E-state index contributed by atoms with van der Waals surface area (Å²) in [7, 11) is 0. The lowest BCUT2D eigenvalue weighted by Crippen LogP contribution is -2.48. The smallest absolute Gasteiger partial charge is 0.407 e. The van der Waals surface area contributed by atoms with Crippen molar-refractivity contribution in [1.82, 2.24) is 9.88 Å². The number of carbonyl (C=O) groups excluding carboxylic acids is 1. The van der Waals surface area contributed by atoms with Crippen LogP contribution in [0.2, 0.25) is 0 Å². The minimum atomic E-state index is -0.770. The van der Waals surface area contributed by atoms with Crippen LogP contribution in [0.5, 0.6) is 0 Å². The van der Waals surface area contributed by atoms with E-state index in [-0.39, 0.29) is 30.1 Å². The molecule has 2 aromatic rings. The fraction of sp³-hybridized carbons (Fsp3) is 0.500. The number of rotatable bonds is 6. The number of oxazole rings is 1. The SMILES string of the molecule is N#CC1(NC(=O)CCCn2c(=O)oc3cc([N+](=O)[O-])ccc32)CCCCC1. The maximum Gasteiger partial charge on any atom is 0.419 e.